The minimum absolute atomic E-state index is 0.0337. The molecule has 11 N–H and O–H groups in total. The van der Waals surface area contributed by atoms with Gasteiger partial charge < -0.3 is 76.4 Å². The third kappa shape index (κ3) is 11.1. The fraction of sp³-hybridized carbons (Fsp3) is 0.575. The predicted molar refractivity (Wildman–Crippen MR) is 211 cm³/mol. The average Bonchev–Trinajstić information content (AvgIpc) is 3.68. The van der Waals surface area contributed by atoms with Gasteiger partial charge in [-0.2, -0.15) is 13.2 Å². The van der Waals surface area contributed by atoms with Crippen molar-refractivity contribution in [3.05, 3.63) is 71.9 Å². The molecule has 0 aromatic heterocycles. The van der Waals surface area contributed by atoms with Gasteiger partial charge in [0.15, 0.2) is 12.5 Å². The number of piperidine rings is 1. The summed E-state index contributed by atoms with van der Waals surface area (Å²) in [5, 5.41) is 58.9. The molecule has 22 heteroatoms. The van der Waals surface area contributed by atoms with E-state index in [1.807, 2.05) is 24.3 Å². The van der Waals surface area contributed by atoms with Crippen LogP contribution in [-0.2, 0) is 41.3 Å². The maximum atomic E-state index is 13.1. The zero-order valence-electron chi connectivity index (χ0n) is 33.8. The monoisotopic (exact) mass is 881 g/mol. The van der Waals surface area contributed by atoms with E-state index in [0.717, 1.165) is 40.6 Å². The number of hydrogen-bond donors (Lipinski definition) is 9. The number of anilines is 1. The number of nitrogens with two attached hydrogens (primary N) is 2. The summed E-state index contributed by atoms with van der Waals surface area (Å²) in [6.07, 6.45) is -16.2. The minimum Gasteiger partial charge on any atom is -0.490 e. The molecule has 2 aromatic carbocycles. The van der Waals surface area contributed by atoms with Gasteiger partial charge >= 0.3 is 6.18 Å². The highest BCUT2D eigenvalue weighted by molar-refractivity contribution is 5.88. The number of nitrogens with zero attached hydrogens (tertiary/aromatic N) is 3. The van der Waals surface area contributed by atoms with Crippen LogP contribution in [0, 0.1) is 0 Å². The van der Waals surface area contributed by atoms with Crippen molar-refractivity contribution in [2.24, 2.45) is 11.5 Å². The quantitative estimate of drug-likeness (QED) is 0.0865. The fourth-order valence-corrected chi connectivity index (χ4v) is 7.94. The number of primary amides is 1. The first-order chi connectivity index (χ1) is 29.4. The van der Waals surface area contributed by atoms with Crippen LogP contribution in [0.5, 0.6) is 5.75 Å². The van der Waals surface area contributed by atoms with Gasteiger partial charge in [0.2, 0.25) is 24.1 Å². The molecule has 0 aliphatic carbocycles. The van der Waals surface area contributed by atoms with Crippen molar-refractivity contribution in [1.29, 1.82) is 0 Å². The molecule has 11 atom stereocenters. The number of carbonyl (C=O) groups excluding carboxylic acids is 3. The van der Waals surface area contributed by atoms with Crippen LogP contribution in [0.4, 0.5) is 18.9 Å². The van der Waals surface area contributed by atoms with E-state index in [9.17, 15) is 53.1 Å². The van der Waals surface area contributed by atoms with E-state index in [1.54, 1.807) is 0 Å². The Bertz CT molecular complexity index is 1860. The first-order valence-electron chi connectivity index (χ1n) is 20.2. The number of aliphatic hydroxyl groups is 5. The van der Waals surface area contributed by atoms with Crippen molar-refractivity contribution in [3.63, 3.8) is 0 Å². The predicted octanol–water partition coefficient (Wildman–Crippen LogP) is -1.61. The number of likely N-dealkylation sites (N-methyl/N-ethyl adjacent to an activating group) is 1. The van der Waals surface area contributed by atoms with Crippen LogP contribution in [0.3, 0.4) is 0 Å². The van der Waals surface area contributed by atoms with Crippen molar-refractivity contribution in [2.75, 3.05) is 38.1 Å². The molecule has 342 valence electrons. The zero-order valence-corrected chi connectivity index (χ0v) is 33.8. The van der Waals surface area contributed by atoms with E-state index in [-0.39, 0.29) is 44.5 Å². The summed E-state index contributed by atoms with van der Waals surface area (Å²) < 4.78 is 62.2. The minimum atomic E-state index is -4.41. The molecule has 2 aromatic rings. The van der Waals surface area contributed by atoms with Gasteiger partial charge in [-0.25, -0.2) is 0 Å². The molecular weight excluding hydrogens is 827 g/mol. The number of amides is 3. The van der Waals surface area contributed by atoms with E-state index < -0.39 is 91.2 Å². The number of alkyl halides is 3. The summed E-state index contributed by atoms with van der Waals surface area (Å²) in [6, 6.07) is 10.9. The van der Waals surface area contributed by atoms with Gasteiger partial charge in [-0.05, 0) is 62.0 Å². The van der Waals surface area contributed by atoms with Crippen LogP contribution in [0.2, 0.25) is 0 Å². The summed E-state index contributed by atoms with van der Waals surface area (Å²) in [5.74, 6) is -1.49. The van der Waals surface area contributed by atoms with Gasteiger partial charge in [0.1, 0.15) is 60.6 Å². The summed E-state index contributed by atoms with van der Waals surface area (Å²) in [4.78, 5) is 42.4. The molecule has 4 aliphatic rings. The van der Waals surface area contributed by atoms with Gasteiger partial charge in [0.25, 0.3) is 0 Å². The number of nitrogens with one attached hydrogen (secondary N) is 2. The van der Waals surface area contributed by atoms with Crippen molar-refractivity contribution in [1.82, 2.24) is 20.4 Å². The fourth-order valence-electron chi connectivity index (χ4n) is 7.94. The lowest BCUT2D eigenvalue weighted by Crippen LogP contribution is -2.59. The largest absolute Gasteiger partial charge is 0.490 e. The molecule has 19 nitrogen and oxygen atoms in total. The Hall–Kier alpha value is -4.62. The summed E-state index contributed by atoms with van der Waals surface area (Å²) in [5.41, 5.74) is 12.6. The molecule has 62 heavy (non-hydrogen) atoms. The molecule has 3 fully saturated rings. The van der Waals surface area contributed by atoms with Crippen LogP contribution in [0.25, 0.3) is 0 Å². The van der Waals surface area contributed by atoms with E-state index in [2.05, 4.69) is 15.5 Å². The summed E-state index contributed by atoms with van der Waals surface area (Å²) in [7, 11) is 1.51. The second kappa shape index (κ2) is 20.3. The van der Waals surface area contributed by atoms with Gasteiger partial charge in [-0.1, -0.05) is 12.1 Å². The van der Waals surface area contributed by atoms with Gasteiger partial charge in [-0.15, -0.1) is 0 Å². The number of ether oxygens (including phenoxy) is 4. The highest BCUT2D eigenvalue weighted by atomic mass is 19.4. The second-order valence-corrected chi connectivity index (χ2v) is 15.7. The van der Waals surface area contributed by atoms with Crippen LogP contribution >= 0.6 is 0 Å². The lowest BCUT2D eigenvalue weighted by atomic mass is 9.97. The third-order valence-electron chi connectivity index (χ3n) is 11.4. The van der Waals surface area contributed by atoms with Crippen LogP contribution in [0.15, 0.2) is 60.8 Å². The molecule has 4 aliphatic heterocycles. The molecule has 11 unspecified atom stereocenters. The number of halogens is 3. The topological polar surface area (TPSA) is 275 Å². The highest BCUT2D eigenvalue weighted by Gasteiger charge is 2.55. The van der Waals surface area contributed by atoms with Gasteiger partial charge in [0, 0.05) is 63.4 Å². The SMILES string of the molecule is CN(CCCC(=O)NCc1ccc(N2CCC(Oc3ccc(C(F)(F)F)cc3)CC2)cc1)C(C(N)=O)C(OC1OC(CN)C(O)C1O)C1OC(N2C=CC(=O)NC2O)C(O)C1O. The maximum absolute atomic E-state index is 13.1. The standard InChI is InChI=1S/C40H54F3N7O12/c1-48(15-2-3-27(51)46-20-21-4-8-23(9-5-21)49-16-12-25(13-17-49)59-24-10-6-22(7-11-24)40(41,42)43)29(36(45)57)34(62-38-33(56)30(53)26(19-44)60-38)35-31(54)32(55)37(61-35)50-18-14-28(52)47-39(50)58/h4-11,14,18,25-26,29-35,37-39,53-56,58H,2-3,12-13,15-17,19-20,44H2,1H3,(H2,45,57)(H,46,51)(H,47,52). The molecule has 4 heterocycles. The molecule has 3 saturated heterocycles. The number of hydrogen-bond acceptors (Lipinski definition) is 16. The molecule has 0 bridgehead atoms. The lowest BCUT2D eigenvalue weighted by molar-refractivity contribution is -0.236. The molecule has 0 radical (unpaired) electrons. The molecule has 0 spiro atoms. The van der Waals surface area contributed by atoms with E-state index >= 15 is 0 Å². The van der Waals surface area contributed by atoms with Crippen molar-refractivity contribution < 1.29 is 72.0 Å². The Labute approximate surface area is 354 Å². The summed E-state index contributed by atoms with van der Waals surface area (Å²) >= 11 is 0. The first-order valence-corrected chi connectivity index (χ1v) is 20.2. The van der Waals surface area contributed by atoms with Crippen LogP contribution in [0.1, 0.15) is 36.8 Å². The van der Waals surface area contributed by atoms with Crippen molar-refractivity contribution >= 4 is 23.4 Å². The molecule has 0 saturated carbocycles. The van der Waals surface area contributed by atoms with Crippen molar-refractivity contribution in [2.45, 2.75) is 112 Å². The van der Waals surface area contributed by atoms with Gasteiger partial charge in [-0.3, -0.25) is 19.3 Å². The Morgan fingerprint density at radius 1 is 0.984 bits per heavy atom. The van der Waals surface area contributed by atoms with E-state index in [0.29, 0.717) is 31.7 Å². The molecular formula is C40H54F3N7O12. The number of carbonyl (C=O) groups is 3. The number of aliphatic hydroxyl groups excluding tert-OH is 5. The Kier molecular flexibility index (Phi) is 15.3. The Morgan fingerprint density at radius 2 is 1.66 bits per heavy atom. The Morgan fingerprint density at radius 3 is 2.26 bits per heavy atom. The smallest absolute Gasteiger partial charge is 0.416 e. The maximum Gasteiger partial charge on any atom is 0.416 e. The number of benzene rings is 2. The lowest BCUT2D eigenvalue weighted by Gasteiger charge is -2.38. The third-order valence-corrected chi connectivity index (χ3v) is 11.4. The van der Waals surface area contributed by atoms with Crippen LogP contribution in [-0.4, -0.2) is 160 Å². The average molecular weight is 882 g/mol. The van der Waals surface area contributed by atoms with E-state index in [4.69, 9.17) is 30.4 Å². The molecule has 6 rings (SSSR count). The molecule has 3 amide bonds. The highest BCUT2D eigenvalue weighted by Crippen LogP contribution is 2.34. The van der Waals surface area contributed by atoms with E-state index in [1.165, 1.54) is 24.1 Å². The normalized spacial score (nSPS) is 29.1. The van der Waals surface area contributed by atoms with Gasteiger partial charge in [0.05, 0.1) is 5.56 Å². The zero-order chi connectivity index (χ0) is 44.9. The van der Waals surface area contributed by atoms with Crippen LogP contribution < -0.4 is 31.7 Å². The summed E-state index contributed by atoms with van der Waals surface area (Å²) in [6.45, 7) is 1.50. The number of rotatable bonds is 17. The second-order valence-electron chi connectivity index (χ2n) is 15.7. The first kappa shape index (κ1) is 46.9. The van der Waals surface area contributed by atoms with Crippen molar-refractivity contribution in [3.8, 4) is 5.75 Å². The Balaban J connectivity index is 1.01.